The van der Waals surface area contributed by atoms with Gasteiger partial charge in [0.2, 0.25) is 0 Å². The summed E-state index contributed by atoms with van der Waals surface area (Å²) in [7, 11) is 3.22. The Bertz CT molecular complexity index is 2180. The zero-order valence-electron chi connectivity index (χ0n) is 38.9. The molecule has 5 fully saturated rings. The Hall–Kier alpha value is -3.79. The second kappa shape index (κ2) is 16.5. The maximum Gasteiger partial charge on any atom is 0.313 e. The van der Waals surface area contributed by atoms with Crippen LogP contribution in [-0.4, -0.2) is 66.3 Å². The maximum absolute atomic E-state index is 17.3. The van der Waals surface area contributed by atoms with Gasteiger partial charge in [-0.1, -0.05) is 32.0 Å². The highest BCUT2D eigenvalue weighted by Gasteiger charge is 2.73. The number of hydrogen-bond acceptors (Lipinski definition) is 5. The molecule has 0 radical (unpaired) electrons. The molecule has 1 amide bonds. The Morgan fingerprint density at radius 2 is 1.23 bits per heavy atom. The molecule has 7 aliphatic rings. The number of methoxy groups -OCH3 is 2. The van der Waals surface area contributed by atoms with Crippen LogP contribution in [0, 0.1) is 52.3 Å². The van der Waals surface area contributed by atoms with Crippen LogP contribution in [0.15, 0.2) is 54.6 Å². The van der Waals surface area contributed by atoms with Crippen LogP contribution < -0.4 is 9.47 Å². The van der Waals surface area contributed by atoms with Gasteiger partial charge in [0.05, 0.1) is 40.3 Å². The van der Waals surface area contributed by atoms with E-state index in [9.17, 15) is 10.2 Å². The number of aryl methyl sites for hydroxylation is 2. The van der Waals surface area contributed by atoms with Crippen LogP contribution in [0.4, 0.5) is 17.6 Å². The summed E-state index contributed by atoms with van der Waals surface area (Å²) in [4.78, 5) is 15.2. The van der Waals surface area contributed by atoms with Crippen LogP contribution in [0.1, 0.15) is 137 Å². The molecule has 4 saturated carbocycles. The van der Waals surface area contributed by atoms with E-state index in [1.54, 1.807) is 26.4 Å². The number of fused-ring (bicyclic) bond motifs is 10. The number of halogens is 4. The fourth-order valence-electron chi connectivity index (χ4n) is 16.6. The SMILES string of the molecule is COc1ccc(CC[N+]2(C(=O)CCC([C@H]3CC(F)(F)[C@@]4(C)CCC5c6ccc(O)cc6CCC5C34)[C@@H]3CC(F)(F)[C@@]4(C)CCC5c6ccc(O)cc6CCC5C34)CCCCC2)cc1OC. The van der Waals surface area contributed by atoms with Crippen LogP contribution in [0.2, 0.25) is 0 Å². The van der Waals surface area contributed by atoms with E-state index < -0.39 is 40.4 Å². The number of ether oxygens (including phenoxy) is 2. The molecular formula is C55H70F4NO5+. The molecular weight excluding hydrogens is 831 g/mol. The van der Waals surface area contributed by atoms with Crippen LogP contribution in [0.5, 0.6) is 23.0 Å². The summed E-state index contributed by atoms with van der Waals surface area (Å²) >= 11 is 0. The first-order valence-corrected chi connectivity index (χ1v) is 25.0. The molecule has 352 valence electrons. The molecule has 11 atom stereocenters. The number of aromatic hydroxyl groups is 2. The quantitative estimate of drug-likeness (QED) is 0.157. The number of benzene rings is 3. The molecule has 10 heteroatoms. The number of carbonyl (C=O) groups excluding carboxylic acids is 1. The zero-order valence-corrected chi connectivity index (χ0v) is 38.9. The second-order valence-corrected chi connectivity index (χ2v) is 22.4. The van der Waals surface area contributed by atoms with Crippen LogP contribution >= 0.6 is 0 Å². The minimum absolute atomic E-state index is 0.0361. The van der Waals surface area contributed by atoms with Crippen molar-refractivity contribution in [3.8, 4) is 23.0 Å². The van der Waals surface area contributed by atoms with Crippen molar-refractivity contribution in [2.24, 2.45) is 52.3 Å². The van der Waals surface area contributed by atoms with Gasteiger partial charge in [0.1, 0.15) is 11.5 Å². The van der Waals surface area contributed by atoms with Crippen molar-refractivity contribution in [1.82, 2.24) is 0 Å². The molecule has 3 aromatic rings. The molecule has 3 aromatic carbocycles. The Morgan fingerprint density at radius 3 is 1.74 bits per heavy atom. The molecule has 6 aliphatic carbocycles. The number of likely N-dealkylation sites (tertiary alicyclic amines) is 1. The standard InChI is InChI=1S/C55H69F4NO5/c1-52-23-20-41-38-15-11-36(61)29-34(38)9-13-43(41)50(52)45(31-54(52,56)57)40(17-19-49(63)60(25-6-5-7-26-60)27-22-33-8-18-47(64-3)48(28-33)65-4)46-32-55(58,59)53(2)24-21-42-39-16-12-37(62)30-35(39)10-14-44(42)51(46)53/h8,11-12,15-16,18,28-30,40-46,50-51H,5-7,9-10,13-14,17,19-27,31-32H2,1-4H3,(H-,61,62)/p+1/t40?,41?,42?,43?,44?,45-,46+,50?,51?,52-,53-/m0/s1. The van der Waals surface area contributed by atoms with Crippen LogP contribution in [-0.2, 0) is 24.1 Å². The number of amides is 1. The highest BCUT2D eigenvalue weighted by molar-refractivity contribution is 5.69. The highest BCUT2D eigenvalue weighted by atomic mass is 19.3. The zero-order chi connectivity index (χ0) is 45.7. The third-order valence-electron chi connectivity index (χ3n) is 19.8. The number of piperidine rings is 1. The number of alkyl halides is 4. The van der Waals surface area contributed by atoms with Crippen molar-refractivity contribution >= 4 is 5.91 Å². The van der Waals surface area contributed by atoms with E-state index in [-0.39, 0.29) is 72.2 Å². The molecule has 0 spiro atoms. The van der Waals surface area contributed by atoms with Gasteiger partial charge in [-0.25, -0.2) is 22.4 Å². The fraction of sp³-hybridized carbons (Fsp3) is 0.655. The minimum Gasteiger partial charge on any atom is -0.508 e. The third-order valence-corrected chi connectivity index (χ3v) is 19.8. The summed E-state index contributed by atoms with van der Waals surface area (Å²) < 4.78 is 80.7. The Labute approximate surface area is 383 Å². The molecule has 7 unspecified atom stereocenters. The van der Waals surface area contributed by atoms with Crippen LogP contribution in [0.3, 0.4) is 0 Å². The van der Waals surface area contributed by atoms with E-state index in [2.05, 4.69) is 0 Å². The molecule has 2 N–H and O–H groups in total. The van der Waals surface area contributed by atoms with Gasteiger partial charge in [-0.15, -0.1) is 0 Å². The lowest BCUT2D eigenvalue weighted by molar-refractivity contribution is -0.859. The minimum atomic E-state index is -2.98. The summed E-state index contributed by atoms with van der Waals surface area (Å²) in [6, 6.07) is 17.0. The predicted molar refractivity (Wildman–Crippen MR) is 243 cm³/mol. The number of quaternary nitrogens is 1. The summed E-state index contributed by atoms with van der Waals surface area (Å²) in [5, 5.41) is 20.9. The first kappa shape index (κ1) is 45.0. The highest BCUT2D eigenvalue weighted by Crippen LogP contribution is 2.74. The van der Waals surface area contributed by atoms with E-state index in [1.165, 1.54) is 0 Å². The first-order valence-electron chi connectivity index (χ1n) is 25.0. The van der Waals surface area contributed by atoms with E-state index in [4.69, 9.17) is 9.47 Å². The van der Waals surface area contributed by atoms with E-state index in [0.717, 1.165) is 73.0 Å². The van der Waals surface area contributed by atoms with Gasteiger partial charge < -0.3 is 19.7 Å². The average molecular weight is 901 g/mol. The number of hydrogen-bond donors (Lipinski definition) is 2. The monoisotopic (exact) mass is 901 g/mol. The summed E-state index contributed by atoms with van der Waals surface area (Å²) in [5.74, 6) is -6.30. The second-order valence-electron chi connectivity index (χ2n) is 22.4. The van der Waals surface area contributed by atoms with Gasteiger partial charge >= 0.3 is 5.91 Å². The lowest BCUT2D eigenvalue weighted by Gasteiger charge is -2.54. The van der Waals surface area contributed by atoms with Gasteiger partial charge in [0.25, 0.3) is 11.8 Å². The normalized spacial score (nSPS) is 35.3. The van der Waals surface area contributed by atoms with E-state index >= 15 is 22.4 Å². The number of nitrogens with zero attached hydrogens (tertiary/aromatic N) is 1. The Balaban J connectivity index is 1.03. The maximum atomic E-state index is 17.3. The van der Waals surface area contributed by atoms with Crippen molar-refractivity contribution in [1.29, 1.82) is 0 Å². The topological polar surface area (TPSA) is 76.0 Å². The number of rotatable bonds is 10. The molecule has 0 bridgehead atoms. The van der Waals surface area contributed by atoms with Crippen molar-refractivity contribution in [3.63, 3.8) is 0 Å². The smallest absolute Gasteiger partial charge is 0.313 e. The molecule has 0 aromatic heterocycles. The summed E-state index contributed by atoms with van der Waals surface area (Å²) in [6.07, 6.45) is 8.32. The van der Waals surface area contributed by atoms with Gasteiger partial charge in [0, 0.05) is 30.1 Å². The molecule has 6 nitrogen and oxygen atoms in total. The van der Waals surface area contributed by atoms with Crippen molar-refractivity contribution in [3.05, 3.63) is 82.4 Å². The summed E-state index contributed by atoms with van der Waals surface area (Å²) in [6.45, 7) is 5.67. The number of phenolic OH excluding ortho intramolecular Hbond substituents is 2. The van der Waals surface area contributed by atoms with E-state index in [0.29, 0.717) is 73.9 Å². The Kier molecular flexibility index (Phi) is 11.4. The van der Waals surface area contributed by atoms with Crippen molar-refractivity contribution < 1.29 is 46.5 Å². The van der Waals surface area contributed by atoms with Gasteiger partial charge in [-0.05, 0) is 195 Å². The Morgan fingerprint density at radius 1 is 0.708 bits per heavy atom. The number of phenols is 2. The predicted octanol–water partition coefficient (Wildman–Crippen LogP) is 12.4. The molecule has 1 aliphatic heterocycles. The van der Waals surface area contributed by atoms with Gasteiger partial charge in [-0.3, -0.25) is 4.48 Å². The molecule has 1 saturated heterocycles. The van der Waals surface area contributed by atoms with Crippen molar-refractivity contribution in [2.45, 2.75) is 140 Å². The molecule has 65 heavy (non-hydrogen) atoms. The third kappa shape index (κ3) is 7.21. The largest absolute Gasteiger partial charge is 0.508 e. The van der Waals surface area contributed by atoms with Crippen LogP contribution in [0.25, 0.3) is 0 Å². The van der Waals surface area contributed by atoms with Crippen molar-refractivity contribution in [2.75, 3.05) is 33.9 Å². The fourth-order valence-corrected chi connectivity index (χ4v) is 16.6. The first-order chi connectivity index (χ1) is 31.0. The number of carbonyl (C=O) groups is 1. The lowest BCUT2D eigenvalue weighted by atomic mass is 9.50. The van der Waals surface area contributed by atoms with Gasteiger partial charge in [-0.2, -0.15) is 0 Å². The van der Waals surface area contributed by atoms with E-state index in [1.807, 2.05) is 56.3 Å². The molecule has 1 heterocycles. The summed E-state index contributed by atoms with van der Waals surface area (Å²) in [5.41, 5.74) is 2.97. The molecule has 10 rings (SSSR count). The average Bonchev–Trinajstić information content (AvgIpc) is 3.65. The van der Waals surface area contributed by atoms with Gasteiger partial charge in [0.15, 0.2) is 11.5 Å². The lowest BCUT2D eigenvalue weighted by Crippen LogP contribution is -2.57.